The molecule has 0 atom stereocenters. The van der Waals surface area contributed by atoms with Gasteiger partial charge in [-0.1, -0.05) is 18.2 Å². The number of aryl methyl sites for hydroxylation is 1. The lowest BCUT2D eigenvalue weighted by Crippen LogP contribution is -2.07. The highest BCUT2D eigenvalue weighted by Crippen LogP contribution is 2.25. The van der Waals surface area contributed by atoms with Gasteiger partial charge in [-0.15, -0.1) is 0 Å². The summed E-state index contributed by atoms with van der Waals surface area (Å²) in [6.45, 7) is -0.107. The third-order valence-corrected chi connectivity index (χ3v) is 4.59. The Morgan fingerprint density at radius 2 is 2.00 bits per heavy atom. The molecule has 0 fully saturated rings. The number of hydrogen-bond acceptors (Lipinski definition) is 3. The largest absolute Gasteiger partial charge is 0.396 e. The van der Waals surface area contributed by atoms with Gasteiger partial charge in [0.15, 0.2) is 9.84 Å². The molecule has 0 saturated carbocycles. The van der Waals surface area contributed by atoms with Crippen LogP contribution in [0.1, 0.15) is 6.42 Å². The highest BCUT2D eigenvalue weighted by Gasteiger charge is 2.19. The summed E-state index contributed by atoms with van der Waals surface area (Å²) in [6.07, 6.45) is 1.91. The van der Waals surface area contributed by atoms with Crippen LogP contribution < -0.4 is 0 Å². The monoisotopic (exact) mass is 253 g/mol. The van der Waals surface area contributed by atoms with E-state index in [0.29, 0.717) is 4.90 Å². The minimum absolute atomic E-state index is 0.0164. The second-order valence-corrected chi connectivity index (χ2v) is 6.10. The van der Waals surface area contributed by atoms with Gasteiger partial charge in [0, 0.05) is 30.8 Å². The van der Waals surface area contributed by atoms with Gasteiger partial charge in [0.2, 0.25) is 0 Å². The number of nitrogens with zero attached hydrogens (tertiary/aromatic N) is 1. The fourth-order valence-corrected chi connectivity index (χ4v) is 3.47. The molecule has 0 spiro atoms. The van der Waals surface area contributed by atoms with Crippen molar-refractivity contribution in [1.82, 2.24) is 4.57 Å². The van der Waals surface area contributed by atoms with Crippen molar-refractivity contribution in [1.29, 1.82) is 0 Å². The van der Waals surface area contributed by atoms with Gasteiger partial charge in [0.1, 0.15) is 0 Å². The zero-order valence-corrected chi connectivity index (χ0v) is 10.4. The molecular formula is C12H15NO3S. The molecule has 0 radical (unpaired) electrons. The molecule has 0 aliphatic heterocycles. The van der Waals surface area contributed by atoms with Crippen molar-refractivity contribution in [2.45, 2.75) is 11.3 Å². The first kappa shape index (κ1) is 12.1. The maximum atomic E-state index is 12.1. The third-order valence-electron chi connectivity index (χ3n) is 2.77. The summed E-state index contributed by atoms with van der Waals surface area (Å²) >= 11 is 0. The number of fused-ring (bicyclic) bond motifs is 1. The van der Waals surface area contributed by atoms with Gasteiger partial charge >= 0.3 is 0 Å². The first-order valence-electron chi connectivity index (χ1n) is 5.44. The molecule has 2 aromatic rings. The zero-order chi connectivity index (χ0) is 12.5. The van der Waals surface area contributed by atoms with Gasteiger partial charge < -0.3 is 9.67 Å². The molecule has 1 aromatic carbocycles. The number of aromatic nitrogens is 1. The summed E-state index contributed by atoms with van der Waals surface area (Å²) in [5.74, 6) is -0.0164. The first-order chi connectivity index (χ1) is 8.06. The Morgan fingerprint density at radius 1 is 1.29 bits per heavy atom. The van der Waals surface area contributed by atoms with Gasteiger partial charge in [-0.2, -0.15) is 0 Å². The van der Waals surface area contributed by atoms with Gasteiger partial charge in [-0.05, 0) is 12.5 Å². The fourth-order valence-electron chi connectivity index (χ4n) is 1.92. The van der Waals surface area contributed by atoms with Gasteiger partial charge in [-0.25, -0.2) is 8.42 Å². The Morgan fingerprint density at radius 3 is 2.71 bits per heavy atom. The van der Waals surface area contributed by atoms with E-state index in [4.69, 9.17) is 5.11 Å². The molecule has 1 aromatic heterocycles. The van der Waals surface area contributed by atoms with E-state index in [1.807, 2.05) is 25.2 Å². The van der Waals surface area contributed by atoms with Crippen LogP contribution in [0.25, 0.3) is 10.9 Å². The highest BCUT2D eigenvalue weighted by molar-refractivity contribution is 7.91. The molecule has 0 aliphatic carbocycles. The average Bonchev–Trinajstić information content (AvgIpc) is 2.66. The normalized spacial score (nSPS) is 12.1. The van der Waals surface area contributed by atoms with Crippen LogP contribution in [0.4, 0.5) is 0 Å². The lowest BCUT2D eigenvalue weighted by atomic mass is 10.2. The Labute approximate surface area is 100 Å². The van der Waals surface area contributed by atoms with Crippen LogP contribution in [0.2, 0.25) is 0 Å². The minimum Gasteiger partial charge on any atom is -0.396 e. The Hall–Kier alpha value is -1.33. The lowest BCUT2D eigenvalue weighted by molar-refractivity contribution is 0.295. The van der Waals surface area contributed by atoms with Gasteiger partial charge in [0.25, 0.3) is 0 Å². The summed E-state index contributed by atoms with van der Waals surface area (Å²) in [5.41, 5.74) is 0.898. The van der Waals surface area contributed by atoms with E-state index in [-0.39, 0.29) is 18.8 Å². The predicted molar refractivity (Wildman–Crippen MR) is 66.7 cm³/mol. The van der Waals surface area contributed by atoms with E-state index < -0.39 is 9.84 Å². The van der Waals surface area contributed by atoms with Crippen LogP contribution >= 0.6 is 0 Å². The summed E-state index contributed by atoms with van der Waals surface area (Å²) in [7, 11) is -1.48. The molecule has 92 valence electrons. The second-order valence-electron chi connectivity index (χ2n) is 4.02. The van der Waals surface area contributed by atoms with Gasteiger partial charge in [0.05, 0.1) is 10.6 Å². The van der Waals surface area contributed by atoms with E-state index in [2.05, 4.69) is 0 Å². The molecule has 0 saturated heterocycles. The number of sulfone groups is 1. The summed E-state index contributed by atoms with van der Waals surface area (Å²) < 4.78 is 26.0. The van der Waals surface area contributed by atoms with Crippen molar-refractivity contribution in [2.24, 2.45) is 7.05 Å². The average molecular weight is 253 g/mol. The van der Waals surface area contributed by atoms with Crippen LogP contribution in [0, 0.1) is 0 Å². The van der Waals surface area contributed by atoms with Crippen LogP contribution in [0.15, 0.2) is 35.4 Å². The SMILES string of the molecule is Cn1cc(S(=O)(=O)CCCO)c2ccccc21. The number of aliphatic hydroxyl groups excluding tert-OH is 1. The predicted octanol–water partition coefficient (Wildman–Crippen LogP) is 1.33. The summed E-state index contributed by atoms with van der Waals surface area (Å²) in [6, 6.07) is 7.40. The number of hydrogen-bond donors (Lipinski definition) is 1. The Kier molecular flexibility index (Phi) is 3.22. The van der Waals surface area contributed by atoms with Crippen molar-refractivity contribution in [3.63, 3.8) is 0 Å². The molecule has 5 heteroatoms. The zero-order valence-electron chi connectivity index (χ0n) is 9.63. The van der Waals surface area contributed by atoms with Gasteiger partial charge in [-0.3, -0.25) is 0 Å². The number of aliphatic hydroxyl groups is 1. The van der Waals surface area contributed by atoms with Crippen LogP contribution in [-0.4, -0.2) is 30.5 Å². The Balaban J connectivity index is 2.56. The molecule has 1 N–H and O–H groups in total. The van der Waals surface area contributed by atoms with Crippen LogP contribution in [0.3, 0.4) is 0 Å². The minimum atomic E-state index is -3.31. The molecule has 0 amide bonds. The smallest absolute Gasteiger partial charge is 0.180 e. The highest BCUT2D eigenvalue weighted by atomic mass is 32.2. The van der Waals surface area contributed by atoms with Crippen molar-refractivity contribution < 1.29 is 13.5 Å². The molecule has 1 heterocycles. The van der Waals surface area contributed by atoms with Crippen molar-refractivity contribution in [3.05, 3.63) is 30.5 Å². The van der Waals surface area contributed by atoms with E-state index >= 15 is 0 Å². The second kappa shape index (κ2) is 4.50. The standard InChI is InChI=1S/C12H15NO3S/c1-13-9-12(17(15,16)8-4-7-14)10-5-2-3-6-11(10)13/h2-3,5-6,9,14H,4,7-8H2,1H3. The number of para-hydroxylation sites is 1. The number of rotatable bonds is 4. The molecule has 0 unspecified atom stereocenters. The molecule has 0 aliphatic rings. The van der Waals surface area contributed by atoms with E-state index in [1.54, 1.807) is 16.8 Å². The first-order valence-corrected chi connectivity index (χ1v) is 7.09. The van der Waals surface area contributed by atoms with Crippen LogP contribution in [0.5, 0.6) is 0 Å². The van der Waals surface area contributed by atoms with E-state index in [0.717, 1.165) is 10.9 Å². The fraction of sp³-hybridized carbons (Fsp3) is 0.333. The Bertz CT molecular complexity index is 628. The molecule has 0 bridgehead atoms. The number of benzene rings is 1. The van der Waals surface area contributed by atoms with Crippen molar-refractivity contribution in [2.75, 3.05) is 12.4 Å². The topological polar surface area (TPSA) is 59.3 Å². The quantitative estimate of drug-likeness (QED) is 0.894. The lowest BCUT2D eigenvalue weighted by Gasteiger charge is -2.01. The van der Waals surface area contributed by atoms with Crippen LogP contribution in [-0.2, 0) is 16.9 Å². The maximum Gasteiger partial charge on any atom is 0.180 e. The summed E-state index contributed by atoms with van der Waals surface area (Å²) in [5, 5.41) is 9.47. The maximum absolute atomic E-state index is 12.1. The van der Waals surface area contributed by atoms with E-state index in [9.17, 15) is 8.42 Å². The molecule has 4 nitrogen and oxygen atoms in total. The molecule has 2 rings (SSSR count). The molecular weight excluding hydrogens is 238 g/mol. The van der Waals surface area contributed by atoms with Crippen molar-refractivity contribution >= 4 is 20.7 Å². The van der Waals surface area contributed by atoms with Crippen molar-refractivity contribution in [3.8, 4) is 0 Å². The molecule has 17 heavy (non-hydrogen) atoms. The third kappa shape index (κ3) is 2.21. The summed E-state index contributed by atoms with van der Waals surface area (Å²) in [4.78, 5) is 0.351. The van der Waals surface area contributed by atoms with E-state index in [1.165, 1.54) is 0 Å².